The SMILES string of the molecule is Cc1ccc(S(=O)(=O)NNC(=O)c2ccc[n+](CC(=O)Nc3ccccc3)c2)cc1.[Cl-]. The molecule has 2 aromatic carbocycles. The van der Waals surface area contributed by atoms with Crippen molar-refractivity contribution in [1.29, 1.82) is 0 Å². The lowest BCUT2D eigenvalue weighted by Gasteiger charge is -2.08. The van der Waals surface area contributed by atoms with E-state index in [2.05, 4.69) is 15.6 Å². The van der Waals surface area contributed by atoms with Gasteiger partial charge in [0.2, 0.25) is 6.54 Å². The number of amides is 2. The quantitative estimate of drug-likeness (QED) is 0.296. The first kappa shape index (κ1) is 24.0. The van der Waals surface area contributed by atoms with Gasteiger partial charge in [-0.25, -0.2) is 8.42 Å². The molecule has 0 saturated heterocycles. The molecule has 1 heterocycles. The highest BCUT2D eigenvalue weighted by atomic mass is 35.5. The minimum atomic E-state index is -3.90. The third-order valence-electron chi connectivity index (χ3n) is 4.13. The molecule has 0 bridgehead atoms. The normalized spacial score (nSPS) is 10.6. The molecule has 3 N–H and O–H groups in total. The minimum Gasteiger partial charge on any atom is -1.00 e. The van der Waals surface area contributed by atoms with E-state index in [0.29, 0.717) is 5.69 Å². The lowest BCUT2D eigenvalue weighted by molar-refractivity contribution is -0.684. The topological polar surface area (TPSA) is 108 Å². The van der Waals surface area contributed by atoms with Gasteiger partial charge in [0.25, 0.3) is 21.8 Å². The molecule has 0 aliphatic heterocycles. The van der Waals surface area contributed by atoms with Crippen LogP contribution in [0.5, 0.6) is 0 Å². The average molecular weight is 461 g/mol. The van der Waals surface area contributed by atoms with Crippen molar-refractivity contribution in [1.82, 2.24) is 10.3 Å². The molecule has 31 heavy (non-hydrogen) atoms. The largest absolute Gasteiger partial charge is 1.00 e. The first-order valence-electron chi connectivity index (χ1n) is 9.06. The van der Waals surface area contributed by atoms with Crippen LogP contribution in [0.3, 0.4) is 0 Å². The molecule has 0 radical (unpaired) electrons. The molecular formula is C21H21ClN4O4S. The van der Waals surface area contributed by atoms with Crippen molar-refractivity contribution in [3.05, 3.63) is 90.3 Å². The van der Waals surface area contributed by atoms with Gasteiger partial charge in [-0.2, -0.15) is 4.57 Å². The molecule has 8 nitrogen and oxygen atoms in total. The van der Waals surface area contributed by atoms with Crippen molar-refractivity contribution < 1.29 is 35.0 Å². The summed E-state index contributed by atoms with van der Waals surface area (Å²) in [5.41, 5.74) is 3.96. The number of benzene rings is 2. The van der Waals surface area contributed by atoms with E-state index >= 15 is 0 Å². The maximum absolute atomic E-state index is 12.4. The van der Waals surface area contributed by atoms with Gasteiger partial charge in [0.1, 0.15) is 5.56 Å². The van der Waals surface area contributed by atoms with Crippen LogP contribution in [-0.2, 0) is 21.4 Å². The summed E-state index contributed by atoms with van der Waals surface area (Å²) in [6, 6.07) is 18.3. The van der Waals surface area contributed by atoms with Crippen LogP contribution in [-0.4, -0.2) is 20.2 Å². The Hall–Kier alpha value is -3.27. The van der Waals surface area contributed by atoms with Crippen molar-refractivity contribution in [2.45, 2.75) is 18.4 Å². The number of sulfonamides is 1. The number of para-hydroxylation sites is 1. The van der Waals surface area contributed by atoms with Gasteiger partial charge < -0.3 is 17.7 Å². The fourth-order valence-corrected chi connectivity index (χ4v) is 3.44. The van der Waals surface area contributed by atoms with Crippen LogP contribution in [0.1, 0.15) is 15.9 Å². The van der Waals surface area contributed by atoms with E-state index in [0.717, 1.165) is 5.56 Å². The van der Waals surface area contributed by atoms with Gasteiger partial charge in [0.05, 0.1) is 4.90 Å². The van der Waals surface area contributed by atoms with Gasteiger partial charge >= 0.3 is 0 Å². The number of halogens is 1. The predicted molar refractivity (Wildman–Crippen MR) is 111 cm³/mol. The van der Waals surface area contributed by atoms with E-state index in [-0.39, 0.29) is 35.3 Å². The van der Waals surface area contributed by atoms with E-state index in [9.17, 15) is 18.0 Å². The summed E-state index contributed by atoms with van der Waals surface area (Å²) >= 11 is 0. The van der Waals surface area contributed by atoms with Gasteiger partial charge in [-0.05, 0) is 37.3 Å². The van der Waals surface area contributed by atoms with Crippen LogP contribution < -0.4 is 32.5 Å². The average Bonchev–Trinajstić information content (AvgIpc) is 2.73. The second-order valence-corrected chi connectivity index (χ2v) is 8.23. The summed E-state index contributed by atoms with van der Waals surface area (Å²) in [6.07, 6.45) is 3.10. The Morgan fingerprint density at radius 1 is 0.935 bits per heavy atom. The fourth-order valence-electron chi connectivity index (χ4n) is 2.60. The van der Waals surface area contributed by atoms with Crippen molar-refractivity contribution in [3.63, 3.8) is 0 Å². The fraction of sp³-hybridized carbons (Fsp3) is 0.0952. The summed E-state index contributed by atoms with van der Waals surface area (Å²) in [5, 5.41) is 2.75. The van der Waals surface area contributed by atoms with Gasteiger partial charge in [-0.3, -0.25) is 15.0 Å². The highest BCUT2D eigenvalue weighted by Gasteiger charge is 2.18. The summed E-state index contributed by atoms with van der Waals surface area (Å²) in [4.78, 5) is 26.6. The summed E-state index contributed by atoms with van der Waals surface area (Å²) in [7, 11) is -3.90. The molecule has 10 heteroatoms. The van der Waals surface area contributed by atoms with E-state index in [1.54, 1.807) is 36.5 Å². The zero-order valence-corrected chi connectivity index (χ0v) is 18.2. The molecular weight excluding hydrogens is 440 g/mol. The number of hydrogen-bond acceptors (Lipinski definition) is 4. The zero-order chi connectivity index (χ0) is 21.6. The van der Waals surface area contributed by atoms with Crippen LogP contribution in [0, 0.1) is 6.92 Å². The molecule has 0 saturated carbocycles. The van der Waals surface area contributed by atoms with Gasteiger partial charge in [-0.1, -0.05) is 35.9 Å². The van der Waals surface area contributed by atoms with Crippen molar-refractivity contribution in [2.75, 3.05) is 5.32 Å². The van der Waals surface area contributed by atoms with Crippen molar-refractivity contribution >= 4 is 27.5 Å². The number of rotatable bonds is 7. The Morgan fingerprint density at radius 3 is 2.29 bits per heavy atom. The molecule has 162 valence electrons. The molecule has 1 aromatic heterocycles. The Bertz CT molecular complexity index is 1150. The van der Waals surface area contributed by atoms with E-state index in [4.69, 9.17) is 0 Å². The molecule has 0 atom stereocenters. The molecule has 2 amide bonds. The molecule has 0 aliphatic rings. The summed E-state index contributed by atoms with van der Waals surface area (Å²) in [6.45, 7) is 1.83. The van der Waals surface area contributed by atoms with Crippen LogP contribution >= 0.6 is 0 Å². The monoisotopic (exact) mass is 460 g/mol. The number of aromatic nitrogens is 1. The van der Waals surface area contributed by atoms with Crippen LogP contribution in [0.25, 0.3) is 0 Å². The maximum atomic E-state index is 12.4. The number of aryl methyl sites for hydroxylation is 1. The predicted octanol–water partition coefficient (Wildman–Crippen LogP) is -1.45. The standard InChI is InChI=1S/C21H20N4O4S.ClH/c1-16-9-11-19(12-10-16)30(28,29)24-23-21(27)17-6-5-13-25(14-17)15-20(26)22-18-7-3-2-4-8-18;/h2-14,24H,15H2,1H3,(H-,22,23,26,27);1H. The lowest BCUT2D eigenvalue weighted by Crippen LogP contribution is -3.00. The second-order valence-electron chi connectivity index (χ2n) is 6.55. The Kier molecular flexibility index (Phi) is 8.26. The first-order valence-corrected chi connectivity index (χ1v) is 10.5. The van der Waals surface area contributed by atoms with Gasteiger partial charge in [-0.15, -0.1) is 4.83 Å². The summed E-state index contributed by atoms with van der Waals surface area (Å²) in [5.74, 6) is -0.910. The number of anilines is 1. The third-order valence-corrected chi connectivity index (χ3v) is 5.40. The number of carbonyl (C=O) groups is 2. The minimum absolute atomic E-state index is 0. The lowest BCUT2D eigenvalue weighted by atomic mass is 10.2. The number of nitrogens with zero attached hydrogens (tertiary/aromatic N) is 1. The van der Waals surface area contributed by atoms with Crippen molar-refractivity contribution in [3.8, 4) is 0 Å². The van der Waals surface area contributed by atoms with E-state index in [1.165, 1.54) is 29.0 Å². The number of pyridine rings is 1. The molecule has 3 aromatic rings. The Morgan fingerprint density at radius 2 is 1.61 bits per heavy atom. The number of hydrogen-bond donors (Lipinski definition) is 3. The van der Waals surface area contributed by atoms with E-state index < -0.39 is 15.9 Å². The van der Waals surface area contributed by atoms with Crippen molar-refractivity contribution in [2.24, 2.45) is 0 Å². The van der Waals surface area contributed by atoms with Gasteiger partial charge in [0, 0.05) is 11.8 Å². The first-order chi connectivity index (χ1) is 14.3. The van der Waals surface area contributed by atoms with Crippen LogP contribution in [0.15, 0.2) is 84.0 Å². The highest BCUT2D eigenvalue weighted by molar-refractivity contribution is 7.89. The molecule has 3 rings (SSSR count). The van der Waals surface area contributed by atoms with Crippen LogP contribution in [0.4, 0.5) is 5.69 Å². The second kappa shape index (κ2) is 10.7. The number of hydrazine groups is 1. The zero-order valence-electron chi connectivity index (χ0n) is 16.6. The smallest absolute Gasteiger partial charge is 0.290 e. The van der Waals surface area contributed by atoms with Crippen LogP contribution in [0.2, 0.25) is 0 Å². The molecule has 0 unspecified atom stereocenters. The molecule has 0 fully saturated rings. The molecule has 0 aliphatic carbocycles. The van der Waals surface area contributed by atoms with Gasteiger partial charge in [0.15, 0.2) is 12.4 Å². The summed E-state index contributed by atoms with van der Waals surface area (Å²) < 4.78 is 26.1. The highest BCUT2D eigenvalue weighted by Crippen LogP contribution is 2.09. The third kappa shape index (κ3) is 6.88. The number of carbonyl (C=O) groups excluding carboxylic acids is 2. The Labute approximate surface area is 186 Å². The Balaban J connectivity index is 0.00000341. The number of nitrogens with one attached hydrogen (secondary N) is 3. The molecule has 0 spiro atoms. The van der Waals surface area contributed by atoms with E-state index in [1.807, 2.05) is 25.1 Å². The maximum Gasteiger partial charge on any atom is 0.290 e.